The van der Waals surface area contributed by atoms with Gasteiger partial charge in [0.1, 0.15) is 0 Å². The second-order valence-corrected chi connectivity index (χ2v) is 6.90. The van der Waals surface area contributed by atoms with E-state index in [1.54, 1.807) is 37.3 Å². The lowest BCUT2D eigenvalue weighted by atomic mass is 10.1. The van der Waals surface area contributed by atoms with Gasteiger partial charge < -0.3 is 10.3 Å². The molecular formula is C19H17Cl2N3O3. The number of nitrogens with zero attached hydrogens (tertiary/aromatic N) is 1. The average molecular weight is 406 g/mol. The Bertz CT molecular complexity index is 1110. The number of carbonyl (C=O) groups excluding carboxylic acids is 1. The minimum absolute atomic E-state index is 0.278. The highest BCUT2D eigenvalue weighted by Crippen LogP contribution is 2.19. The predicted octanol–water partition coefficient (Wildman–Crippen LogP) is 2.99. The summed E-state index contributed by atoms with van der Waals surface area (Å²) in [6.07, 6.45) is 0.567. The molecule has 27 heavy (non-hydrogen) atoms. The van der Waals surface area contributed by atoms with Crippen LogP contribution in [0.3, 0.4) is 0 Å². The van der Waals surface area contributed by atoms with E-state index < -0.39 is 5.69 Å². The van der Waals surface area contributed by atoms with E-state index in [1.165, 1.54) is 6.07 Å². The van der Waals surface area contributed by atoms with Crippen LogP contribution in [0.1, 0.15) is 22.8 Å². The summed E-state index contributed by atoms with van der Waals surface area (Å²) >= 11 is 11.9. The fourth-order valence-electron chi connectivity index (χ4n) is 2.86. The normalized spacial score (nSPS) is 10.9. The Balaban J connectivity index is 1.76. The molecule has 0 radical (unpaired) electrons. The third-order valence-electron chi connectivity index (χ3n) is 4.18. The number of halogens is 2. The van der Waals surface area contributed by atoms with E-state index in [2.05, 4.69) is 10.3 Å². The first kappa shape index (κ1) is 19.2. The number of rotatable bonds is 5. The molecule has 0 unspecified atom stereocenters. The third-order valence-corrected chi connectivity index (χ3v) is 4.62. The van der Waals surface area contributed by atoms with Gasteiger partial charge in [0.15, 0.2) is 0 Å². The van der Waals surface area contributed by atoms with E-state index in [-0.39, 0.29) is 18.0 Å². The summed E-state index contributed by atoms with van der Waals surface area (Å²) in [7, 11) is 0. The van der Waals surface area contributed by atoms with Crippen molar-refractivity contribution in [2.45, 2.75) is 19.9 Å². The standard InChI is InChI=1S/C19H17Cl2N3O3/c1-2-24-18(26)15-4-3-12(9-16(15)23-19(24)27)17(25)22-6-5-11-7-13(20)10-14(21)8-11/h3-4,7-10H,2,5-6H2,1H3,(H,22,25)(H,23,27). The molecule has 1 aromatic heterocycles. The maximum absolute atomic E-state index is 12.4. The molecule has 0 spiro atoms. The van der Waals surface area contributed by atoms with Crippen LogP contribution < -0.4 is 16.6 Å². The van der Waals surface area contributed by atoms with Crippen molar-refractivity contribution in [3.05, 3.63) is 78.4 Å². The van der Waals surface area contributed by atoms with Gasteiger partial charge in [0, 0.05) is 28.7 Å². The lowest BCUT2D eigenvalue weighted by Gasteiger charge is -2.08. The Labute approximate surface area is 164 Å². The zero-order valence-electron chi connectivity index (χ0n) is 14.5. The van der Waals surface area contributed by atoms with Gasteiger partial charge in [-0.3, -0.25) is 14.2 Å². The van der Waals surface area contributed by atoms with Gasteiger partial charge in [-0.15, -0.1) is 0 Å². The summed E-state index contributed by atoms with van der Waals surface area (Å²) in [6, 6.07) is 9.84. The number of benzene rings is 2. The summed E-state index contributed by atoms with van der Waals surface area (Å²) in [4.78, 5) is 39.2. The van der Waals surface area contributed by atoms with Crippen LogP contribution >= 0.6 is 23.2 Å². The molecule has 0 saturated carbocycles. The van der Waals surface area contributed by atoms with E-state index in [9.17, 15) is 14.4 Å². The van der Waals surface area contributed by atoms with Gasteiger partial charge in [0.25, 0.3) is 11.5 Å². The molecule has 0 aliphatic rings. The molecule has 2 aromatic carbocycles. The van der Waals surface area contributed by atoms with Gasteiger partial charge >= 0.3 is 5.69 Å². The Kier molecular flexibility index (Phi) is 5.68. The third kappa shape index (κ3) is 4.23. The second kappa shape index (κ2) is 7.98. The van der Waals surface area contributed by atoms with Crippen molar-refractivity contribution in [2.24, 2.45) is 0 Å². The number of nitrogens with one attached hydrogen (secondary N) is 2. The Morgan fingerprint density at radius 2 is 1.81 bits per heavy atom. The smallest absolute Gasteiger partial charge is 0.328 e. The minimum Gasteiger partial charge on any atom is -0.352 e. The van der Waals surface area contributed by atoms with E-state index in [0.29, 0.717) is 39.5 Å². The summed E-state index contributed by atoms with van der Waals surface area (Å²) in [5, 5.41) is 4.25. The van der Waals surface area contributed by atoms with Crippen molar-refractivity contribution in [1.29, 1.82) is 0 Å². The molecule has 1 heterocycles. The number of hydrogen-bond acceptors (Lipinski definition) is 3. The van der Waals surface area contributed by atoms with Gasteiger partial charge in [0.05, 0.1) is 10.9 Å². The minimum atomic E-state index is -0.495. The quantitative estimate of drug-likeness (QED) is 0.684. The fraction of sp³-hybridized carbons (Fsp3) is 0.211. The molecule has 3 rings (SSSR count). The molecule has 2 N–H and O–H groups in total. The van der Waals surface area contributed by atoms with Gasteiger partial charge in [-0.05, 0) is 55.3 Å². The maximum Gasteiger partial charge on any atom is 0.328 e. The molecule has 0 atom stereocenters. The monoisotopic (exact) mass is 405 g/mol. The lowest BCUT2D eigenvalue weighted by Crippen LogP contribution is -2.34. The van der Waals surface area contributed by atoms with Crippen LogP contribution in [-0.2, 0) is 13.0 Å². The molecule has 3 aromatic rings. The number of fused-ring (bicyclic) bond motifs is 1. The molecule has 6 nitrogen and oxygen atoms in total. The fourth-order valence-corrected chi connectivity index (χ4v) is 3.43. The SMILES string of the molecule is CCn1c(=O)[nH]c2cc(C(=O)NCCc3cc(Cl)cc(Cl)c3)ccc2c1=O. The average Bonchev–Trinajstić information content (AvgIpc) is 2.60. The Morgan fingerprint density at radius 3 is 2.48 bits per heavy atom. The number of aromatic nitrogens is 2. The van der Waals surface area contributed by atoms with Gasteiger partial charge in [-0.2, -0.15) is 0 Å². The van der Waals surface area contributed by atoms with Crippen molar-refractivity contribution in [2.75, 3.05) is 6.54 Å². The largest absolute Gasteiger partial charge is 0.352 e. The van der Waals surface area contributed by atoms with Crippen molar-refractivity contribution >= 4 is 40.0 Å². The van der Waals surface area contributed by atoms with E-state index in [0.717, 1.165) is 10.1 Å². The van der Waals surface area contributed by atoms with Crippen LogP contribution in [0.2, 0.25) is 10.0 Å². The molecule has 0 aliphatic carbocycles. The summed E-state index contributed by atoms with van der Waals surface area (Å²) < 4.78 is 1.11. The number of hydrogen-bond donors (Lipinski definition) is 2. The van der Waals surface area contributed by atoms with Crippen LogP contribution in [0.4, 0.5) is 0 Å². The van der Waals surface area contributed by atoms with Crippen LogP contribution in [0.5, 0.6) is 0 Å². The first-order chi connectivity index (χ1) is 12.9. The Hall–Kier alpha value is -2.57. The summed E-state index contributed by atoms with van der Waals surface area (Å²) in [5.41, 5.74) is 0.738. The molecule has 0 bridgehead atoms. The zero-order chi connectivity index (χ0) is 19.6. The Morgan fingerprint density at radius 1 is 1.11 bits per heavy atom. The van der Waals surface area contributed by atoms with Crippen molar-refractivity contribution in [1.82, 2.24) is 14.9 Å². The van der Waals surface area contributed by atoms with Crippen molar-refractivity contribution in [3.63, 3.8) is 0 Å². The molecule has 1 amide bonds. The van der Waals surface area contributed by atoms with Gasteiger partial charge in [-0.25, -0.2) is 4.79 Å². The van der Waals surface area contributed by atoms with Crippen LogP contribution in [0.25, 0.3) is 10.9 Å². The molecule has 0 fully saturated rings. The first-order valence-electron chi connectivity index (χ1n) is 8.39. The number of amides is 1. The van der Waals surface area contributed by atoms with Gasteiger partial charge in [0.2, 0.25) is 0 Å². The highest BCUT2D eigenvalue weighted by Gasteiger charge is 2.10. The second-order valence-electron chi connectivity index (χ2n) is 6.02. The van der Waals surface area contributed by atoms with E-state index >= 15 is 0 Å². The van der Waals surface area contributed by atoms with Crippen LogP contribution in [0.15, 0.2) is 46.0 Å². The molecule has 8 heteroatoms. The molecule has 0 saturated heterocycles. The van der Waals surface area contributed by atoms with Crippen LogP contribution in [0, 0.1) is 0 Å². The maximum atomic E-state index is 12.4. The highest BCUT2D eigenvalue weighted by molar-refractivity contribution is 6.34. The van der Waals surface area contributed by atoms with E-state index in [4.69, 9.17) is 23.2 Å². The first-order valence-corrected chi connectivity index (χ1v) is 9.14. The molecule has 0 aliphatic heterocycles. The summed E-state index contributed by atoms with van der Waals surface area (Å²) in [5.74, 6) is -0.300. The molecule has 140 valence electrons. The van der Waals surface area contributed by atoms with Crippen LogP contribution in [-0.4, -0.2) is 22.0 Å². The zero-order valence-corrected chi connectivity index (χ0v) is 16.0. The van der Waals surface area contributed by atoms with Crippen molar-refractivity contribution < 1.29 is 4.79 Å². The highest BCUT2D eigenvalue weighted by atomic mass is 35.5. The number of aromatic amines is 1. The lowest BCUT2D eigenvalue weighted by molar-refractivity contribution is 0.0954. The van der Waals surface area contributed by atoms with Gasteiger partial charge in [-0.1, -0.05) is 23.2 Å². The number of carbonyl (C=O) groups is 1. The van der Waals surface area contributed by atoms with Crippen molar-refractivity contribution in [3.8, 4) is 0 Å². The molecular weight excluding hydrogens is 389 g/mol. The summed E-state index contributed by atoms with van der Waals surface area (Å²) in [6.45, 7) is 2.39. The van der Waals surface area contributed by atoms with E-state index in [1.807, 2.05) is 0 Å². The topological polar surface area (TPSA) is 84.0 Å². The number of H-pyrrole nitrogens is 1. The predicted molar refractivity (Wildman–Crippen MR) is 107 cm³/mol.